The molecule has 1 saturated heterocycles. The minimum atomic E-state index is 0.554. The van der Waals surface area contributed by atoms with E-state index in [1.165, 1.54) is 24.2 Å². The third-order valence-electron chi connectivity index (χ3n) is 5.65. The summed E-state index contributed by atoms with van der Waals surface area (Å²) in [6, 6.07) is 17.1. The zero-order valence-electron chi connectivity index (χ0n) is 12.4. The van der Waals surface area contributed by atoms with Gasteiger partial charge in [0.2, 0.25) is 0 Å². The molecule has 1 fully saturated rings. The Bertz CT molecular complexity index is 721. The first-order valence-electron chi connectivity index (χ1n) is 7.98. The summed E-state index contributed by atoms with van der Waals surface area (Å²) in [6.45, 7) is 2.31. The second kappa shape index (κ2) is 4.11. The summed E-state index contributed by atoms with van der Waals surface area (Å²) in [4.78, 5) is 5.25. The minimum Gasteiger partial charge on any atom is -0.361 e. The van der Waals surface area contributed by atoms with E-state index in [0.29, 0.717) is 12.1 Å². The Morgan fingerprint density at radius 1 is 0.905 bits per heavy atom. The van der Waals surface area contributed by atoms with E-state index in [2.05, 4.69) is 59.3 Å². The van der Waals surface area contributed by atoms with Crippen molar-refractivity contribution in [3.05, 3.63) is 64.7 Å². The van der Waals surface area contributed by atoms with Crippen LogP contribution in [-0.4, -0.2) is 31.1 Å². The van der Waals surface area contributed by atoms with Gasteiger partial charge in [-0.15, -0.1) is 0 Å². The Morgan fingerprint density at radius 2 is 1.71 bits per heavy atom. The van der Waals surface area contributed by atoms with Crippen LogP contribution in [0.4, 0.5) is 5.69 Å². The van der Waals surface area contributed by atoms with Gasteiger partial charge in [-0.3, -0.25) is 4.90 Å². The van der Waals surface area contributed by atoms with Gasteiger partial charge in [-0.2, -0.15) is 0 Å². The van der Waals surface area contributed by atoms with Gasteiger partial charge in [0.05, 0.1) is 6.04 Å². The number of piperazine rings is 1. The topological polar surface area (TPSA) is 6.48 Å². The highest BCUT2D eigenvalue weighted by Gasteiger charge is 2.44. The highest BCUT2D eigenvalue weighted by atomic mass is 15.3. The molecule has 0 saturated carbocycles. The number of likely N-dealkylation sites (N-methyl/N-ethyl adjacent to an activating group) is 1. The molecular formula is C19H20N2. The van der Waals surface area contributed by atoms with E-state index < -0.39 is 0 Å². The van der Waals surface area contributed by atoms with E-state index in [4.69, 9.17) is 0 Å². The van der Waals surface area contributed by atoms with E-state index in [1.807, 2.05) is 0 Å². The van der Waals surface area contributed by atoms with Crippen LogP contribution in [0.5, 0.6) is 0 Å². The van der Waals surface area contributed by atoms with Gasteiger partial charge in [-0.1, -0.05) is 36.4 Å². The molecule has 1 aliphatic carbocycles. The Hall–Kier alpha value is -1.80. The number of hydrogen-bond acceptors (Lipinski definition) is 2. The van der Waals surface area contributed by atoms with Crippen LogP contribution >= 0.6 is 0 Å². The highest BCUT2D eigenvalue weighted by Crippen LogP contribution is 2.47. The molecule has 0 amide bonds. The Morgan fingerprint density at radius 3 is 2.67 bits per heavy atom. The fraction of sp³-hybridized carbons (Fsp3) is 0.368. The van der Waals surface area contributed by atoms with Crippen LogP contribution in [0.3, 0.4) is 0 Å². The third kappa shape index (κ3) is 1.51. The molecule has 106 valence electrons. The van der Waals surface area contributed by atoms with Crippen molar-refractivity contribution in [3.63, 3.8) is 0 Å². The van der Waals surface area contributed by atoms with Gasteiger partial charge in [-0.25, -0.2) is 0 Å². The van der Waals surface area contributed by atoms with Crippen LogP contribution in [0.15, 0.2) is 42.5 Å². The molecule has 0 aromatic heterocycles. The lowest BCUT2D eigenvalue weighted by atomic mass is 9.96. The fourth-order valence-electron chi connectivity index (χ4n) is 4.65. The largest absolute Gasteiger partial charge is 0.361 e. The average Bonchev–Trinajstić information content (AvgIpc) is 2.83. The summed E-state index contributed by atoms with van der Waals surface area (Å²) in [5, 5.41) is 0. The molecule has 2 aromatic rings. The van der Waals surface area contributed by atoms with Gasteiger partial charge in [0.25, 0.3) is 0 Å². The van der Waals surface area contributed by atoms with Gasteiger partial charge < -0.3 is 4.90 Å². The second-order valence-electron chi connectivity index (χ2n) is 6.69. The predicted octanol–water partition coefficient (Wildman–Crippen LogP) is 3.01. The molecule has 0 bridgehead atoms. The van der Waals surface area contributed by atoms with Crippen molar-refractivity contribution in [2.75, 3.05) is 25.0 Å². The van der Waals surface area contributed by atoms with Crippen LogP contribution < -0.4 is 4.90 Å². The van der Waals surface area contributed by atoms with E-state index >= 15 is 0 Å². The van der Waals surface area contributed by atoms with Crippen molar-refractivity contribution >= 4 is 5.69 Å². The normalized spacial score (nSPS) is 26.2. The van der Waals surface area contributed by atoms with Crippen LogP contribution in [0.2, 0.25) is 0 Å². The van der Waals surface area contributed by atoms with Gasteiger partial charge in [0, 0.05) is 24.8 Å². The average molecular weight is 276 g/mol. The Kier molecular flexibility index (Phi) is 2.31. The van der Waals surface area contributed by atoms with Gasteiger partial charge in [-0.05, 0) is 48.2 Å². The summed E-state index contributed by atoms with van der Waals surface area (Å²) in [7, 11) is 2.30. The van der Waals surface area contributed by atoms with Crippen molar-refractivity contribution in [2.45, 2.75) is 24.9 Å². The first-order valence-corrected chi connectivity index (χ1v) is 7.98. The van der Waals surface area contributed by atoms with Crippen molar-refractivity contribution in [1.82, 2.24) is 4.90 Å². The molecule has 2 heterocycles. The quantitative estimate of drug-likeness (QED) is 0.730. The molecule has 2 heteroatoms. The molecule has 0 unspecified atom stereocenters. The lowest BCUT2D eigenvalue weighted by Crippen LogP contribution is -2.52. The molecule has 2 aromatic carbocycles. The molecule has 3 aliphatic rings. The monoisotopic (exact) mass is 276 g/mol. The summed E-state index contributed by atoms with van der Waals surface area (Å²) in [5.41, 5.74) is 7.71. The number of para-hydroxylation sites is 1. The Labute approximate surface area is 126 Å². The number of nitrogens with zero attached hydrogens (tertiary/aromatic N) is 2. The van der Waals surface area contributed by atoms with Crippen LogP contribution in [0, 0.1) is 0 Å². The van der Waals surface area contributed by atoms with Crippen LogP contribution in [-0.2, 0) is 12.8 Å². The maximum atomic E-state index is 2.68. The smallest absolute Gasteiger partial charge is 0.0707 e. The molecule has 0 N–H and O–H groups in total. The van der Waals surface area contributed by atoms with Crippen molar-refractivity contribution < 1.29 is 0 Å². The highest BCUT2D eigenvalue weighted by molar-refractivity contribution is 5.63. The van der Waals surface area contributed by atoms with Crippen molar-refractivity contribution in [3.8, 4) is 0 Å². The first kappa shape index (κ1) is 11.8. The molecule has 2 atom stereocenters. The summed E-state index contributed by atoms with van der Waals surface area (Å²) in [5.74, 6) is 0. The molecule has 0 spiro atoms. The van der Waals surface area contributed by atoms with Crippen molar-refractivity contribution in [2.24, 2.45) is 0 Å². The SMILES string of the molecule is CN1CCN2c3ccccc3Cc3cccc4c3[C@@H]2[C@H]1C4. The molecule has 0 radical (unpaired) electrons. The molecule has 2 nitrogen and oxygen atoms in total. The first-order chi connectivity index (χ1) is 10.3. The number of hydrogen-bond donors (Lipinski definition) is 0. The summed E-state index contributed by atoms with van der Waals surface area (Å²) >= 11 is 0. The molecule has 21 heavy (non-hydrogen) atoms. The fourth-order valence-corrected chi connectivity index (χ4v) is 4.65. The van der Waals surface area contributed by atoms with Crippen molar-refractivity contribution in [1.29, 1.82) is 0 Å². The second-order valence-corrected chi connectivity index (χ2v) is 6.69. The minimum absolute atomic E-state index is 0.554. The zero-order chi connectivity index (χ0) is 14.0. The van der Waals surface area contributed by atoms with E-state index in [9.17, 15) is 0 Å². The lowest BCUT2D eigenvalue weighted by Gasteiger charge is -2.44. The predicted molar refractivity (Wildman–Crippen MR) is 85.9 cm³/mol. The zero-order valence-corrected chi connectivity index (χ0v) is 12.4. The lowest BCUT2D eigenvalue weighted by molar-refractivity contribution is 0.186. The van der Waals surface area contributed by atoms with Gasteiger partial charge >= 0.3 is 0 Å². The molecule has 5 rings (SSSR count). The van der Waals surface area contributed by atoms with Crippen LogP contribution in [0.1, 0.15) is 28.3 Å². The van der Waals surface area contributed by atoms with Gasteiger partial charge in [0.15, 0.2) is 0 Å². The number of benzene rings is 2. The van der Waals surface area contributed by atoms with E-state index in [1.54, 1.807) is 16.7 Å². The maximum absolute atomic E-state index is 2.68. The maximum Gasteiger partial charge on any atom is 0.0707 e. The molecule has 2 aliphatic heterocycles. The van der Waals surface area contributed by atoms with E-state index in [-0.39, 0.29) is 0 Å². The summed E-state index contributed by atoms with van der Waals surface area (Å²) in [6.07, 6.45) is 2.30. The third-order valence-corrected chi connectivity index (χ3v) is 5.65. The number of anilines is 1. The standard InChI is InChI=1S/C19H20N2/c1-20-9-10-21-16-8-3-2-5-13(16)11-14-6-4-7-15-12-17(20)19(21)18(14)15/h2-8,17,19H,9-12H2,1H3/t17-,19+/m1/s1. The number of rotatable bonds is 0. The number of fused-ring (bicyclic) bond motifs is 2. The van der Waals surface area contributed by atoms with E-state index in [0.717, 1.165) is 13.0 Å². The van der Waals surface area contributed by atoms with Crippen LogP contribution in [0.25, 0.3) is 0 Å². The molecular weight excluding hydrogens is 256 g/mol. The Balaban J connectivity index is 1.79. The summed E-state index contributed by atoms with van der Waals surface area (Å²) < 4.78 is 0. The van der Waals surface area contributed by atoms with Gasteiger partial charge in [0.1, 0.15) is 0 Å².